The van der Waals surface area contributed by atoms with Crippen molar-refractivity contribution in [3.05, 3.63) is 47.5 Å². The Labute approximate surface area is 185 Å². The second-order valence-electron chi connectivity index (χ2n) is 8.18. The summed E-state index contributed by atoms with van der Waals surface area (Å²) in [6, 6.07) is 6.17. The lowest BCUT2D eigenvalue weighted by Crippen LogP contribution is -2.59. The van der Waals surface area contributed by atoms with Crippen LogP contribution in [0.4, 0.5) is 13.2 Å². The van der Waals surface area contributed by atoms with Crippen LogP contribution >= 0.6 is 9.24 Å². The molecule has 2 heterocycles. The third kappa shape index (κ3) is 5.04. The van der Waals surface area contributed by atoms with Gasteiger partial charge in [-0.25, -0.2) is 0 Å². The quantitative estimate of drug-likeness (QED) is 0.328. The fourth-order valence-corrected chi connectivity index (χ4v) is 3.47. The van der Waals surface area contributed by atoms with Crippen LogP contribution in [0, 0.1) is 12.3 Å². The van der Waals surface area contributed by atoms with E-state index in [1.807, 2.05) is 6.07 Å². The molecule has 170 valence electrons. The first-order chi connectivity index (χ1) is 14.7. The molecule has 10 heteroatoms. The number of aromatic nitrogens is 2. The van der Waals surface area contributed by atoms with Crippen molar-refractivity contribution >= 4 is 25.4 Å². The predicted molar refractivity (Wildman–Crippen MR) is 117 cm³/mol. The Balaban J connectivity index is 1.82. The zero-order valence-electron chi connectivity index (χ0n) is 17.9. The molecule has 3 atom stereocenters. The Kier molecular flexibility index (Phi) is 6.27. The van der Waals surface area contributed by atoms with Gasteiger partial charge in [0.2, 0.25) is 5.76 Å². The topological polar surface area (TPSA) is 80.4 Å². The largest absolute Gasteiger partial charge is 0.486 e. The molecule has 1 aromatic carbocycles. The van der Waals surface area contributed by atoms with Gasteiger partial charge >= 0.3 is 6.18 Å². The van der Waals surface area contributed by atoms with Crippen molar-refractivity contribution < 1.29 is 27.5 Å². The number of pyridine rings is 1. The Bertz CT molecular complexity index is 1180. The molecule has 0 spiro atoms. The van der Waals surface area contributed by atoms with E-state index in [-0.39, 0.29) is 5.69 Å². The summed E-state index contributed by atoms with van der Waals surface area (Å²) in [5.74, 6) is 1.79. The number of halogens is 3. The van der Waals surface area contributed by atoms with Crippen LogP contribution in [0.5, 0.6) is 5.75 Å². The van der Waals surface area contributed by atoms with E-state index < -0.39 is 29.3 Å². The Morgan fingerprint density at radius 1 is 1.22 bits per heavy atom. The maximum absolute atomic E-state index is 12.9. The van der Waals surface area contributed by atoms with Crippen molar-refractivity contribution in [2.24, 2.45) is 0 Å². The number of ether oxygens (including phenoxy) is 1. The number of aliphatic hydroxyl groups is 1. The third-order valence-corrected chi connectivity index (χ3v) is 5.52. The monoisotopic (exact) mass is 465 g/mol. The summed E-state index contributed by atoms with van der Waals surface area (Å²) < 4.78 is 49.0. The van der Waals surface area contributed by atoms with Gasteiger partial charge in [0, 0.05) is 28.5 Å². The first-order valence-electron chi connectivity index (χ1n) is 9.61. The van der Waals surface area contributed by atoms with Crippen molar-refractivity contribution in [3.63, 3.8) is 0 Å². The fourth-order valence-electron chi connectivity index (χ4n) is 3.16. The second-order valence-corrected chi connectivity index (χ2v) is 8.80. The van der Waals surface area contributed by atoms with Crippen LogP contribution < -0.4 is 15.4 Å². The molecular formula is C22H23F3N3O3P. The van der Waals surface area contributed by atoms with Crippen molar-refractivity contribution in [1.29, 1.82) is 0 Å². The van der Waals surface area contributed by atoms with Crippen LogP contribution in [0.3, 0.4) is 0 Å². The average Bonchev–Trinajstić information content (AvgIpc) is 3.19. The van der Waals surface area contributed by atoms with Crippen LogP contribution in [0.2, 0.25) is 0 Å². The van der Waals surface area contributed by atoms with E-state index in [9.17, 15) is 18.3 Å². The van der Waals surface area contributed by atoms with Crippen molar-refractivity contribution in [1.82, 2.24) is 15.5 Å². The summed E-state index contributed by atoms with van der Waals surface area (Å²) in [5.41, 5.74) is -1.47. The van der Waals surface area contributed by atoms with Gasteiger partial charge < -0.3 is 14.4 Å². The van der Waals surface area contributed by atoms with Crippen LogP contribution in [0.15, 0.2) is 35.0 Å². The number of hydrogen-bond acceptors (Lipinski definition) is 6. The minimum absolute atomic E-state index is 0.0115. The van der Waals surface area contributed by atoms with Gasteiger partial charge in [-0.3, -0.25) is 10.3 Å². The summed E-state index contributed by atoms with van der Waals surface area (Å²) in [6.07, 6.45) is 1.57. The Morgan fingerprint density at radius 3 is 2.50 bits per heavy atom. The molecule has 0 aliphatic heterocycles. The van der Waals surface area contributed by atoms with Crippen molar-refractivity contribution in [2.75, 3.05) is 0 Å². The standard InChI is InChI=1S/C22H23F3N3O3P/c1-6-13-7-14-8-16(17(32)9-15(14)26-11-13)30-12(2)21(5,29)28-20(3,4)18-10-19(31-27-18)22(23,24)25/h1,7-12,28-29H,32H2,2-5H3. The highest BCUT2D eigenvalue weighted by Gasteiger charge is 2.41. The molecule has 32 heavy (non-hydrogen) atoms. The van der Waals surface area contributed by atoms with Gasteiger partial charge in [0.15, 0.2) is 5.72 Å². The van der Waals surface area contributed by atoms with Gasteiger partial charge in [-0.2, -0.15) is 13.2 Å². The molecule has 0 radical (unpaired) electrons. The Morgan fingerprint density at radius 2 is 1.91 bits per heavy atom. The molecule has 0 bridgehead atoms. The molecule has 0 fully saturated rings. The summed E-state index contributed by atoms with van der Waals surface area (Å²) in [6.45, 7) is 6.26. The predicted octanol–water partition coefficient (Wildman–Crippen LogP) is 3.72. The van der Waals surface area contributed by atoms with Gasteiger partial charge in [-0.1, -0.05) is 11.1 Å². The van der Waals surface area contributed by atoms with E-state index in [1.165, 1.54) is 6.92 Å². The van der Waals surface area contributed by atoms with Gasteiger partial charge in [-0.15, -0.1) is 15.7 Å². The highest BCUT2D eigenvalue weighted by molar-refractivity contribution is 7.27. The zero-order valence-corrected chi connectivity index (χ0v) is 19.1. The third-order valence-electron chi connectivity index (χ3n) is 5.07. The summed E-state index contributed by atoms with van der Waals surface area (Å²) in [7, 11) is 2.55. The maximum Gasteiger partial charge on any atom is 0.452 e. The molecule has 2 N–H and O–H groups in total. The maximum atomic E-state index is 12.9. The molecule has 6 nitrogen and oxygen atoms in total. The van der Waals surface area contributed by atoms with Crippen LogP contribution in [-0.4, -0.2) is 27.1 Å². The molecule has 0 aliphatic rings. The number of hydrogen-bond donors (Lipinski definition) is 2. The smallest absolute Gasteiger partial charge is 0.452 e. The number of benzene rings is 1. The van der Waals surface area contributed by atoms with E-state index in [4.69, 9.17) is 11.2 Å². The number of rotatable bonds is 6. The van der Waals surface area contributed by atoms with E-state index in [2.05, 4.69) is 35.1 Å². The number of fused-ring (bicyclic) bond motifs is 1. The number of nitrogens with zero attached hydrogens (tertiary/aromatic N) is 2. The highest BCUT2D eigenvalue weighted by atomic mass is 31.0. The zero-order chi connectivity index (χ0) is 23.9. The van der Waals surface area contributed by atoms with Crippen molar-refractivity contribution in [2.45, 2.75) is 51.2 Å². The molecule has 3 unspecified atom stereocenters. The van der Waals surface area contributed by atoms with Crippen LogP contribution in [0.25, 0.3) is 10.9 Å². The number of nitrogens with one attached hydrogen (secondary N) is 1. The molecule has 3 rings (SSSR count). The van der Waals surface area contributed by atoms with E-state index in [0.29, 0.717) is 16.6 Å². The average molecular weight is 465 g/mol. The molecular weight excluding hydrogens is 442 g/mol. The van der Waals surface area contributed by atoms with Crippen LogP contribution in [0.1, 0.15) is 44.7 Å². The van der Waals surface area contributed by atoms with Gasteiger partial charge in [0.05, 0.1) is 11.1 Å². The minimum Gasteiger partial charge on any atom is -0.486 e. The fraction of sp³-hybridized carbons (Fsp3) is 0.364. The summed E-state index contributed by atoms with van der Waals surface area (Å²) in [5, 5.41) is 18.9. The molecule has 0 saturated carbocycles. The first-order valence-corrected chi connectivity index (χ1v) is 10.2. The number of terminal acetylenes is 1. The highest BCUT2D eigenvalue weighted by Crippen LogP contribution is 2.33. The molecule has 3 aromatic rings. The lowest BCUT2D eigenvalue weighted by atomic mass is 9.96. The molecule has 2 aromatic heterocycles. The van der Waals surface area contributed by atoms with Gasteiger partial charge in [0.25, 0.3) is 0 Å². The lowest BCUT2D eigenvalue weighted by molar-refractivity contribution is -0.155. The van der Waals surface area contributed by atoms with Gasteiger partial charge in [0.1, 0.15) is 17.5 Å². The van der Waals surface area contributed by atoms with Crippen molar-refractivity contribution in [3.8, 4) is 18.1 Å². The van der Waals surface area contributed by atoms with Crippen LogP contribution in [-0.2, 0) is 11.7 Å². The Hall–Kier alpha value is -2.66. The van der Waals surface area contributed by atoms with E-state index in [0.717, 1.165) is 17.0 Å². The van der Waals surface area contributed by atoms with E-state index in [1.54, 1.807) is 39.1 Å². The first kappa shape index (κ1) is 24.0. The molecule has 0 amide bonds. The summed E-state index contributed by atoms with van der Waals surface area (Å²) in [4.78, 5) is 4.31. The van der Waals surface area contributed by atoms with Gasteiger partial charge in [-0.05, 0) is 45.9 Å². The lowest BCUT2D eigenvalue weighted by Gasteiger charge is -2.38. The summed E-state index contributed by atoms with van der Waals surface area (Å²) >= 11 is 0. The second kappa shape index (κ2) is 8.36. The molecule has 0 aliphatic carbocycles. The minimum atomic E-state index is -4.65. The van der Waals surface area contributed by atoms with E-state index >= 15 is 0 Å². The molecule has 0 saturated heterocycles. The number of alkyl halides is 3. The normalized spacial score (nSPS) is 15.2. The SMILES string of the molecule is C#Cc1cnc2cc(P)c(OC(C)C(C)(O)NC(C)(C)c3cc(C(F)(F)F)on3)cc2c1.